The Morgan fingerprint density at radius 2 is 1.79 bits per heavy atom. The minimum absolute atomic E-state index is 0.119. The first-order valence-electron chi connectivity index (χ1n) is 9.94. The maximum Gasteiger partial charge on any atom is 0.268 e. The minimum Gasteiger partial charge on any atom is -0.338 e. The third-order valence-corrected chi connectivity index (χ3v) is 6.12. The Morgan fingerprint density at radius 3 is 2.48 bits per heavy atom. The highest BCUT2D eigenvalue weighted by Gasteiger charge is 2.41. The topological polar surface area (TPSA) is 52.2 Å². The van der Waals surface area contributed by atoms with Crippen LogP contribution in [0.3, 0.4) is 0 Å². The number of imidazole rings is 1. The van der Waals surface area contributed by atoms with Crippen LogP contribution in [0, 0.1) is 5.82 Å². The molecular formula is C23H19FN4O. The standard InChI is InChI=1S/C23H19FN4O/c24-19-11-16(23(29)28-17-7-9-27(28)10-8-17)5-6-18(19)22-25-20-12-14-3-1-2-4-15(14)13-21(20)26-22/h1-6,11-13,17H,7-10H2,(H,25,26). The van der Waals surface area contributed by atoms with Crippen LogP contribution in [0.1, 0.15) is 23.2 Å². The number of aromatic nitrogens is 2. The molecule has 3 aromatic carbocycles. The summed E-state index contributed by atoms with van der Waals surface area (Å²) in [4.78, 5) is 20.7. The van der Waals surface area contributed by atoms with E-state index in [1.807, 2.05) is 36.4 Å². The molecule has 1 amide bonds. The number of carbonyl (C=O) groups is 1. The smallest absolute Gasteiger partial charge is 0.268 e. The fraction of sp³-hybridized carbons (Fsp3) is 0.217. The van der Waals surface area contributed by atoms with Crippen LogP contribution < -0.4 is 0 Å². The van der Waals surface area contributed by atoms with Gasteiger partial charge in [-0.25, -0.2) is 14.4 Å². The second kappa shape index (κ2) is 6.12. The largest absolute Gasteiger partial charge is 0.338 e. The number of nitrogens with zero attached hydrogens (tertiary/aromatic N) is 3. The number of hydrogen-bond acceptors (Lipinski definition) is 3. The van der Waals surface area contributed by atoms with Crippen molar-refractivity contribution >= 4 is 27.7 Å². The van der Waals surface area contributed by atoms with Crippen molar-refractivity contribution in [2.75, 3.05) is 13.1 Å². The maximum atomic E-state index is 15.0. The van der Waals surface area contributed by atoms with Gasteiger partial charge in [0.15, 0.2) is 0 Å². The Kier molecular flexibility index (Phi) is 3.52. The third-order valence-electron chi connectivity index (χ3n) is 6.12. The number of carbonyl (C=O) groups excluding carboxylic acids is 1. The molecule has 2 aliphatic heterocycles. The highest BCUT2D eigenvalue weighted by atomic mass is 19.1. The van der Waals surface area contributed by atoms with Gasteiger partial charge in [-0.1, -0.05) is 24.3 Å². The van der Waals surface area contributed by atoms with Gasteiger partial charge in [0.1, 0.15) is 11.6 Å². The Bertz CT molecular complexity index is 1210. The number of benzene rings is 3. The van der Waals surface area contributed by atoms with Crippen LogP contribution in [0.2, 0.25) is 0 Å². The second-order valence-electron chi connectivity index (χ2n) is 7.83. The SMILES string of the molecule is O=C(c1ccc(-c2nc3cc4ccccc4cc3[nH]2)c(F)c1)N1C2CCN1CC2. The molecular weight excluding hydrogens is 367 g/mol. The number of hydrogen-bond donors (Lipinski definition) is 1. The number of hydrazine groups is 1. The van der Waals surface area contributed by atoms with Crippen LogP contribution in [0.5, 0.6) is 0 Å². The Morgan fingerprint density at radius 1 is 1.03 bits per heavy atom. The van der Waals surface area contributed by atoms with Crippen LogP contribution >= 0.6 is 0 Å². The van der Waals surface area contributed by atoms with E-state index in [0.717, 1.165) is 47.7 Å². The van der Waals surface area contributed by atoms with Crippen LogP contribution in [0.4, 0.5) is 4.39 Å². The number of fused-ring (bicyclic) bond motifs is 4. The molecule has 0 aliphatic carbocycles. The van der Waals surface area contributed by atoms with E-state index in [1.54, 1.807) is 17.1 Å². The van der Waals surface area contributed by atoms with Gasteiger partial charge in [-0.3, -0.25) is 9.80 Å². The van der Waals surface area contributed by atoms with E-state index < -0.39 is 5.82 Å². The lowest BCUT2D eigenvalue weighted by Crippen LogP contribution is -2.38. The summed E-state index contributed by atoms with van der Waals surface area (Å²) in [5.74, 6) is -0.0934. The average Bonchev–Trinajstić information content (AvgIpc) is 3.45. The molecule has 4 aromatic rings. The predicted molar refractivity (Wildman–Crippen MR) is 110 cm³/mol. The highest BCUT2D eigenvalue weighted by molar-refractivity contribution is 5.97. The fourth-order valence-corrected chi connectivity index (χ4v) is 4.63. The van der Waals surface area contributed by atoms with E-state index in [0.29, 0.717) is 17.0 Å². The lowest BCUT2D eigenvalue weighted by atomic mass is 10.1. The van der Waals surface area contributed by atoms with Gasteiger partial charge in [0.2, 0.25) is 0 Å². The summed E-state index contributed by atoms with van der Waals surface area (Å²) < 4.78 is 15.0. The van der Waals surface area contributed by atoms with Crippen molar-refractivity contribution < 1.29 is 9.18 Å². The van der Waals surface area contributed by atoms with Crippen molar-refractivity contribution in [1.82, 2.24) is 20.0 Å². The lowest BCUT2D eigenvalue weighted by molar-refractivity contribution is 0.0334. The molecule has 0 unspecified atom stereocenters. The zero-order chi connectivity index (χ0) is 19.5. The molecule has 0 atom stereocenters. The number of aromatic amines is 1. The number of nitrogens with one attached hydrogen (secondary N) is 1. The van der Waals surface area contributed by atoms with E-state index in [1.165, 1.54) is 6.07 Å². The van der Waals surface area contributed by atoms with E-state index in [4.69, 9.17) is 0 Å². The molecule has 1 N–H and O–H groups in total. The molecule has 3 heterocycles. The number of amides is 1. The molecule has 144 valence electrons. The summed E-state index contributed by atoms with van der Waals surface area (Å²) in [6, 6.07) is 17.0. The van der Waals surface area contributed by atoms with Gasteiger partial charge in [0, 0.05) is 18.7 Å². The molecule has 6 rings (SSSR count). The van der Waals surface area contributed by atoms with Gasteiger partial charge in [-0.2, -0.15) is 0 Å². The molecule has 2 bridgehead atoms. The summed E-state index contributed by atoms with van der Waals surface area (Å²) in [5.41, 5.74) is 2.40. The number of halogens is 1. The molecule has 29 heavy (non-hydrogen) atoms. The fourth-order valence-electron chi connectivity index (χ4n) is 4.63. The maximum absolute atomic E-state index is 15.0. The summed E-state index contributed by atoms with van der Waals surface area (Å²) in [6.07, 6.45) is 2.00. The number of rotatable bonds is 2. The van der Waals surface area contributed by atoms with Crippen LogP contribution in [0.15, 0.2) is 54.6 Å². The number of piperidine rings is 1. The van der Waals surface area contributed by atoms with Crippen LogP contribution in [-0.4, -0.2) is 45.0 Å². The van der Waals surface area contributed by atoms with E-state index in [2.05, 4.69) is 15.0 Å². The van der Waals surface area contributed by atoms with E-state index >= 15 is 0 Å². The molecule has 2 fully saturated rings. The summed E-state index contributed by atoms with van der Waals surface area (Å²) in [5, 5.41) is 6.07. The second-order valence-corrected chi connectivity index (χ2v) is 7.83. The van der Waals surface area contributed by atoms with Crippen molar-refractivity contribution in [2.45, 2.75) is 18.9 Å². The molecule has 0 spiro atoms. The Balaban J connectivity index is 1.37. The normalized spacial score (nSPS) is 20.8. The van der Waals surface area contributed by atoms with Gasteiger partial charge >= 0.3 is 0 Å². The monoisotopic (exact) mass is 386 g/mol. The van der Waals surface area contributed by atoms with Gasteiger partial charge in [0.05, 0.1) is 22.6 Å². The number of H-pyrrole nitrogens is 1. The summed E-state index contributed by atoms with van der Waals surface area (Å²) >= 11 is 0. The highest BCUT2D eigenvalue weighted by Crippen LogP contribution is 2.31. The average molecular weight is 386 g/mol. The Labute approximate surface area is 166 Å². The summed E-state index contributed by atoms with van der Waals surface area (Å²) in [7, 11) is 0. The zero-order valence-electron chi connectivity index (χ0n) is 15.7. The first kappa shape index (κ1) is 16.7. The first-order chi connectivity index (χ1) is 14.2. The van der Waals surface area contributed by atoms with Crippen LogP contribution in [-0.2, 0) is 0 Å². The minimum atomic E-state index is -0.444. The van der Waals surface area contributed by atoms with E-state index in [9.17, 15) is 9.18 Å². The molecule has 2 aliphatic rings. The van der Waals surface area contributed by atoms with Gasteiger partial charge in [-0.15, -0.1) is 0 Å². The first-order valence-corrected chi connectivity index (χ1v) is 9.94. The van der Waals surface area contributed by atoms with Crippen LogP contribution in [0.25, 0.3) is 33.2 Å². The van der Waals surface area contributed by atoms with Crippen molar-refractivity contribution in [3.8, 4) is 11.4 Å². The van der Waals surface area contributed by atoms with E-state index in [-0.39, 0.29) is 11.9 Å². The molecule has 6 heteroatoms. The molecule has 0 radical (unpaired) electrons. The molecule has 2 saturated heterocycles. The van der Waals surface area contributed by atoms with Gasteiger partial charge in [-0.05, 0) is 53.9 Å². The third kappa shape index (κ3) is 2.56. The summed E-state index contributed by atoms with van der Waals surface area (Å²) in [6.45, 7) is 1.81. The van der Waals surface area contributed by atoms with Crippen molar-refractivity contribution in [3.63, 3.8) is 0 Å². The van der Waals surface area contributed by atoms with Gasteiger partial charge < -0.3 is 4.98 Å². The van der Waals surface area contributed by atoms with Crippen molar-refractivity contribution in [2.24, 2.45) is 0 Å². The van der Waals surface area contributed by atoms with Crippen molar-refractivity contribution in [1.29, 1.82) is 0 Å². The zero-order valence-corrected chi connectivity index (χ0v) is 15.7. The lowest BCUT2D eigenvalue weighted by Gasteiger charge is -2.23. The molecule has 0 saturated carbocycles. The van der Waals surface area contributed by atoms with Crippen molar-refractivity contribution in [3.05, 3.63) is 66.0 Å². The molecule has 5 nitrogen and oxygen atoms in total. The Hall–Kier alpha value is -3.25. The quantitative estimate of drug-likeness (QED) is 0.557. The van der Waals surface area contributed by atoms with Gasteiger partial charge in [0.25, 0.3) is 5.91 Å². The predicted octanol–water partition coefficient (Wildman–Crippen LogP) is 4.36. The molecule has 1 aromatic heterocycles.